The Labute approximate surface area is 122 Å². The molecular weight excluding hydrogens is 276 g/mol. The molecular formula is C14H18N2O5. The second-order valence-corrected chi connectivity index (χ2v) is 4.84. The van der Waals surface area contributed by atoms with Gasteiger partial charge in [0.05, 0.1) is 19.9 Å². The summed E-state index contributed by atoms with van der Waals surface area (Å²) in [5, 5.41) is 2.65. The van der Waals surface area contributed by atoms with Crippen LogP contribution in [0.5, 0.6) is 0 Å². The van der Waals surface area contributed by atoms with Crippen LogP contribution in [-0.4, -0.2) is 36.0 Å². The lowest BCUT2D eigenvalue weighted by atomic mass is 10.1. The fraction of sp³-hybridized carbons (Fsp3) is 0.500. The minimum atomic E-state index is -0.635. The Kier molecular flexibility index (Phi) is 4.62. The van der Waals surface area contributed by atoms with Gasteiger partial charge in [0.25, 0.3) is 5.91 Å². The largest absolute Gasteiger partial charge is 0.463 e. The first-order valence-corrected chi connectivity index (χ1v) is 6.85. The van der Waals surface area contributed by atoms with Crippen LogP contribution in [0.25, 0.3) is 0 Å². The number of nitrogens with zero attached hydrogens (tertiary/aromatic N) is 1. The maximum Gasteiger partial charge on any atom is 0.374 e. The van der Waals surface area contributed by atoms with Crippen molar-refractivity contribution < 1.29 is 23.5 Å². The fourth-order valence-electron chi connectivity index (χ4n) is 2.23. The van der Waals surface area contributed by atoms with E-state index in [-0.39, 0.29) is 18.2 Å². The summed E-state index contributed by atoms with van der Waals surface area (Å²) in [7, 11) is 1.24. The molecule has 1 saturated heterocycles. The van der Waals surface area contributed by atoms with Gasteiger partial charge in [0.1, 0.15) is 6.04 Å². The van der Waals surface area contributed by atoms with Crippen LogP contribution in [0.2, 0.25) is 0 Å². The Balaban J connectivity index is 2.09. The maximum atomic E-state index is 12.2. The van der Waals surface area contributed by atoms with Crippen LogP contribution in [0, 0.1) is 0 Å². The van der Waals surface area contributed by atoms with E-state index >= 15 is 0 Å². The van der Waals surface area contributed by atoms with E-state index in [1.165, 1.54) is 13.4 Å². The van der Waals surface area contributed by atoms with Crippen molar-refractivity contribution in [2.24, 2.45) is 0 Å². The van der Waals surface area contributed by atoms with Crippen LogP contribution in [0.15, 0.2) is 16.7 Å². The summed E-state index contributed by atoms with van der Waals surface area (Å²) in [5.41, 5.74) is 0.446. The molecule has 1 aliphatic rings. The van der Waals surface area contributed by atoms with Gasteiger partial charge in [0.15, 0.2) is 0 Å². The van der Waals surface area contributed by atoms with E-state index in [0.29, 0.717) is 12.0 Å². The van der Waals surface area contributed by atoms with Gasteiger partial charge in [-0.2, -0.15) is 0 Å². The second-order valence-electron chi connectivity index (χ2n) is 4.84. The van der Waals surface area contributed by atoms with E-state index < -0.39 is 18.0 Å². The number of methoxy groups -OCH3 is 1. The van der Waals surface area contributed by atoms with Crippen LogP contribution >= 0.6 is 0 Å². The van der Waals surface area contributed by atoms with E-state index in [2.05, 4.69) is 10.1 Å². The lowest BCUT2D eigenvalue weighted by molar-refractivity contribution is -0.128. The molecule has 1 aromatic rings. The Morgan fingerprint density at radius 2 is 2.24 bits per heavy atom. The molecule has 1 aliphatic heterocycles. The van der Waals surface area contributed by atoms with E-state index in [1.807, 2.05) is 6.92 Å². The van der Waals surface area contributed by atoms with E-state index in [9.17, 15) is 14.4 Å². The number of imide groups is 1. The summed E-state index contributed by atoms with van der Waals surface area (Å²) >= 11 is 0. The summed E-state index contributed by atoms with van der Waals surface area (Å²) < 4.78 is 9.64. The first kappa shape index (κ1) is 15.1. The molecule has 21 heavy (non-hydrogen) atoms. The van der Waals surface area contributed by atoms with Gasteiger partial charge in [-0.1, -0.05) is 19.8 Å². The number of esters is 1. The molecule has 0 radical (unpaired) electrons. The van der Waals surface area contributed by atoms with Crippen molar-refractivity contribution in [2.75, 3.05) is 7.11 Å². The number of nitrogens with one attached hydrogen (secondary N) is 1. The topological polar surface area (TPSA) is 88.8 Å². The van der Waals surface area contributed by atoms with Crippen molar-refractivity contribution >= 4 is 17.9 Å². The number of unbranched alkanes of at least 4 members (excludes halogenated alkanes) is 1. The highest BCUT2D eigenvalue weighted by Gasteiger charge is 2.38. The minimum Gasteiger partial charge on any atom is -0.463 e. The molecule has 1 atom stereocenters. The quantitative estimate of drug-likeness (QED) is 0.637. The van der Waals surface area contributed by atoms with Crippen LogP contribution < -0.4 is 5.32 Å². The zero-order chi connectivity index (χ0) is 15.4. The van der Waals surface area contributed by atoms with Gasteiger partial charge >= 0.3 is 12.0 Å². The molecule has 0 spiro atoms. The zero-order valence-electron chi connectivity index (χ0n) is 12.0. The fourth-order valence-corrected chi connectivity index (χ4v) is 2.23. The summed E-state index contributed by atoms with van der Waals surface area (Å²) in [4.78, 5) is 36.7. The predicted molar refractivity (Wildman–Crippen MR) is 72.4 cm³/mol. The van der Waals surface area contributed by atoms with Gasteiger partial charge in [0, 0.05) is 5.56 Å². The summed E-state index contributed by atoms with van der Waals surface area (Å²) in [5.74, 6) is -0.898. The zero-order valence-corrected chi connectivity index (χ0v) is 12.0. The van der Waals surface area contributed by atoms with Crippen molar-refractivity contribution in [2.45, 2.75) is 38.8 Å². The highest BCUT2D eigenvalue weighted by Crippen LogP contribution is 2.19. The summed E-state index contributed by atoms with van der Waals surface area (Å²) in [6, 6.07) is 0.621. The van der Waals surface area contributed by atoms with Gasteiger partial charge in [-0.3, -0.25) is 9.69 Å². The van der Waals surface area contributed by atoms with E-state index in [0.717, 1.165) is 17.7 Å². The summed E-state index contributed by atoms with van der Waals surface area (Å²) in [6.07, 6.45) is 3.76. The lowest BCUT2D eigenvalue weighted by Gasteiger charge is -2.12. The Hall–Kier alpha value is -2.31. The molecule has 0 bridgehead atoms. The van der Waals surface area contributed by atoms with Crippen molar-refractivity contribution in [3.63, 3.8) is 0 Å². The molecule has 7 heteroatoms. The van der Waals surface area contributed by atoms with Gasteiger partial charge in [-0.05, 0) is 12.5 Å². The van der Waals surface area contributed by atoms with Crippen molar-refractivity contribution in [3.05, 3.63) is 23.7 Å². The molecule has 2 heterocycles. The highest BCUT2D eigenvalue weighted by molar-refractivity contribution is 6.04. The number of carbonyl (C=O) groups is 3. The van der Waals surface area contributed by atoms with Gasteiger partial charge in [-0.25, -0.2) is 9.59 Å². The number of ether oxygens (including phenoxy) is 1. The number of hydrogen-bond donors (Lipinski definition) is 1. The van der Waals surface area contributed by atoms with Crippen molar-refractivity contribution in [1.29, 1.82) is 0 Å². The highest BCUT2D eigenvalue weighted by atomic mass is 16.5. The third-order valence-corrected chi connectivity index (χ3v) is 3.40. The third kappa shape index (κ3) is 3.07. The smallest absolute Gasteiger partial charge is 0.374 e. The van der Waals surface area contributed by atoms with Crippen LogP contribution in [0.1, 0.15) is 42.3 Å². The summed E-state index contributed by atoms with van der Waals surface area (Å²) in [6.45, 7) is 2.02. The third-order valence-electron chi connectivity index (χ3n) is 3.40. The Bertz CT molecular complexity index is 551. The van der Waals surface area contributed by atoms with Gasteiger partial charge < -0.3 is 14.5 Å². The molecule has 0 aromatic carbocycles. The molecule has 3 amide bonds. The minimum absolute atomic E-state index is 0.00573. The number of amides is 3. The number of furan rings is 1. The first-order valence-electron chi connectivity index (χ1n) is 6.85. The Morgan fingerprint density at radius 1 is 1.48 bits per heavy atom. The molecule has 114 valence electrons. The van der Waals surface area contributed by atoms with Crippen molar-refractivity contribution in [1.82, 2.24) is 10.2 Å². The predicted octanol–water partition coefficient (Wildman–Crippen LogP) is 1.68. The molecule has 2 rings (SSSR count). The van der Waals surface area contributed by atoms with Gasteiger partial charge in [0.2, 0.25) is 5.76 Å². The van der Waals surface area contributed by atoms with Crippen LogP contribution in [0.3, 0.4) is 0 Å². The lowest BCUT2D eigenvalue weighted by Crippen LogP contribution is -2.31. The van der Waals surface area contributed by atoms with Crippen molar-refractivity contribution in [3.8, 4) is 0 Å². The van der Waals surface area contributed by atoms with E-state index in [1.54, 1.807) is 6.07 Å². The van der Waals surface area contributed by atoms with Gasteiger partial charge in [-0.15, -0.1) is 0 Å². The average Bonchev–Trinajstić information content (AvgIpc) is 3.04. The molecule has 1 aromatic heterocycles. The number of urea groups is 1. The normalized spacial score (nSPS) is 18.0. The Morgan fingerprint density at radius 3 is 2.90 bits per heavy atom. The molecule has 7 nitrogen and oxygen atoms in total. The molecule has 0 aliphatic carbocycles. The van der Waals surface area contributed by atoms with E-state index in [4.69, 9.17) is 4.42 Å². The molecule has 0 unspecified atom stereocenters. The SMILES string of the molecule is CCCC[C@H]1NC(=O)N(Cc2ccoc2C(=O)OC)C1=O. The molecule has 1 fully saturated rings. The average molecular weight is 294 g/mol. The van der Waals surface area contributed by atoms with Crippen LogP contribution in [0.4, 0.5) is 4.79 Å². The standard InChI is InChI=1S/C14H18N2O5/c1-3-4-5-10-12(17)16(14(19)15-10)8-9-6-7-21-11(9)13(18)20-2/h6-7,10H,3-5,8H2,1-2H3,(H,15,19)/t10-/m1/s1. The maximum absolute atomic E-state index is 12.2. The molecule has 0 saturated carbocycles. The first-order chi connectivity index (χ1) is 10.1. The van der Waals surface area contributed by atoms with Crippen LogP contribution in [-0.2, 0) is 16.1 Å². The monoisotopic (exact) mass is 294 g/mol. The number of carbonyl (C=O) groups excluding carboxylic acids is 3. The second kappa shape index (κ2) is 6.43. The molecule has 1 N–H and O–H groups in total. The number of rotatable bonds is 6. The number of hydrogen-bond acceptors (Lipinski definition) is 5.